The molecule has 0 atom stereocenters. The van der Waals surface area contributed by atoms with Gasteiger partial charge in [0.05, 0.1) is 0 Å². The summed E-state index contributed by atoms with van der Waals surface area (Å²) < 4.78 is 0. The van der Waals surface area contributed by atoms with Crippen molar-refractivity contribution in [2.45, 2.75) is 13.8 Å². The fraction of sp³-hybridized carbons (Fsp3) is 0.222. The predicted molar refractivity (Wildman–Crippen MR) is 53.5 cm³/mol. The number of hydrogen-bond acceptors (Lipinski definition) is 3. The summed E-state index contributed by atoms with van der Waals surface area (Å²) in [4.78, 5) is 6.70. The number of pyridine rings is 1. The van der Waals surface area contributed by atoms with E-state index in [4.69, 9.17) is 5.73 Å². The lowest BCUT2D eigenvalue weighted by atomic mass is 10.2. The third-order valence-electron chi connectivity index (χ3n) is 1.79. The van der Waals surface area contributed by atoms with Crippen molar-refractivity contribution in [1.82, 2.24) is 4.98 Å². The molecule has 62 valence electrons. The normalized spacial score (nSPS) is 10.8. The Balaban J connectivity index is 2.88. The molecule has 0 unspecified atom stereocenters. The minimum absolute atomic E-state index is 0.835. The third-order valence-corrected chi connectivity index (χ3v) is 2.73. The highest BCUT2D eigenvalue weighted by molar-refractivity contribution is 7.18. The molecule has 0 aliphatic rings. The number of aryl methyl sites for hydroxylation is 2. The van der Waals surface area contributed by atoms with Crippen LogP contribution in [-0.4, -0.2) is 4.98 Å². The Morgan fingerprint density at radius 3 is 2.83 bits per heavy atom. The zero-order chi connectivity index (χ0) is 8.72. The lowest BCUT2D eigenvalue weighted by Gasteiger charge is -1.96. The highest BCUT2D eigenvalue weighted by Gasteiger charge is 2.03. The first-order valence-corrected chi connectivity index (χ1v) is 4.62. The van der Waals surface area contributed by atoms with Gasteiger partial charge in [0.15, 0.2) is 0 Å². The average molecular weight is 178 g/mol. The Bertz CT molecular complexity index is 431. The molecule has 2 heterocycles. The topological polar surface area (TPSA) is 38.9 Å². The fourth-order valence-electron chi connectivity index (χ4n) is 1.29. The number of aromatic nitrogens is 1. The Hall–Kier alpha value is -1.09. The molecule has 2 aromatic heterocycles. The lowest BCUT2D eigenvalue weighted by Crippen LogP contribution is -1.88. The zero-order valence-corrected chi connectivity index (χ0v) is 7.90. The first-order chi connectivity index (χ1) is 5.66. The Kier molecular flexibility index (Phi) is 1.54. The number of anilines is 1. The molecule has 0 aliphatic carbocycles. The zero-order valence-electron chi connectivity index (χ0n) is 7.09. The van der Waals surface area contributed by atoms with E-state index in [0.29, 0.717) is 0 Å². The summed E-state index contributed by atoms with van der Waals surface area (Å²) in [5, 5.41) is 1.09. The number of fused-ring (bicyclic) bond motifs is 1. The molecule has 0 saturated carbocycles. The Morgan fingerprint density at radius 2 is 2.08 bits per heavy atom. The standard InChI is InChI=1S/C9H10N2S/c1-5-3-8(10)7-4-6(2)12-9(7)11-5/h3-4H,1-2H3,(H2,10,11). The second kappa shape index (κ2) is 2.45. The van der Waals surface area contributed by atoms with Crippen molar-refractivity contribution < 1.29 is 0 Å². The number of rotatable bonds is 0. The summed E-state index contributed by atoms with van der Waals surface area (Å²) in [5.74, 6) is 0. The van der Waals surface area contributed by atoms with Crippen LogP contribution in [0.25, 0.3) is 10.2 Å². The van der Waals surface area contributed by atoms with E-state index in [-0.39, 0.29) is 0 Å². The SMILES string of the molecule is Cc1cc(N)c2cc(C)sc2n1. The van der Waals surface area contributed by atoms with Crippen molar-refractivity contribution >= 4 is 27.2 Å². The fourth-order valence-corrected chi connectivity index (χ4v) is 2.25. The number of nitrogen functional groups attached to an aromatic ring is 1. The van der Waals surface area contributed by atoms with Gasteiger partial charge < -0.3 is 5.73 Å². The second-order valence-corrected chi connectivity index (χ2v) is 4.16. The summed E-state index contributed by atoms with van der Waals surface area (Å²) in [6, 6.07) is 4.00. The number of hydrogen-bond donors (Lipinski definition) is 1. The van der Waals surface area contributed by atoms with Gasteiger partial charge in [0.25, 0.3) is 0 Å². The molecule has 2 nitrogen and oxygen atoms in total. The van der Waals surface area contributed by atoms with E-state index in [0.717, 1.165) is 21.6 Å². The van der Waals surface area contributed by atoms with Crippen molar-refractivity contribution in [1.29, 1.82) is 0 Å². The van der Waals surface area contributed by atoms with E-state index in [2.05, 4.69) is 18.0 Å². The maximum atomic E-state index is 5.84. The van der Waals surface area contributed by atoms with Crippen LogP contribution < -0.4 is 5.73 Å². The Labute approximate surface area is 75.0 Å². The summed E-state index contributed by atoms with van der Waals surface area (Å²) in [6.07, 6.45) is 0. The van der Waals surface area contributed by atoms with E-state index in [1.807, 2.05) is 13.0 Å². The van der Waals surface area contributed by atoms with E-state index >= 15 is 0 Å². The molecule has 0 saturated heterocycles. The molecular formula is C9H10N2S. The quantitative estimate of drug-likeness (QED) is 0.673. The first kappa shape index (κ1) is 7.55. The molecule has 2 aromatic rings. The van der Waals surface area contributed by atoms with Gasteiger partial charge >= 0.3 is 0 Å². The molecule has 3 heteroatoms. The van der Waals surface area contributed by atoms with Crippen LogP contribution in [0.15, 0.2) is 12.1 Å². The lowest BCUT2D eigenvalue weighted by molar-refractivity contribution is 1.27. The molecule has 0 radical (unpaired) electrons. The van der Waals surface area contributed by atoms with Crippen LogP contribution in [0.5, 0.6) is 0 Å². The van der Waals surface area contributed by atoms with Gasteiger partial charge in [0.1, 0.15) is 4.83 Å². The van der Waals surface area contributed by atoms with Crippen molar-refractivity contribution in [3.63, 3.8) is 0 Å². The third kappa shape index (κ3) is 1.06. The second-order valence-electron chi connectivity index (χ2n) is 2.93. The van der Waals surface area contributed by atoms with Gasteiger partial charge in [-0.25, -0.2) is 4.98 Å². The van der Waals surface area contributed by atoms with E-state index in [1.165, 1.54) is 4.88 Å². The number of nitrogens with zero attached hydrogens (tertiary/aromatic N) is 1. The van der Waals surface area contributed by atoms with Crippen molar-refractivity contribution in [2.75, 3.05) is 5.73 Å². The van der Waals surface area contributed by atoms with Gasteiger partial charge in [-0.05, 0) is 26.0 Å². The summed E-state index contributed by atoms with van der Waals surface area (Å²) in [7, 11) is 0. The molecule has 0 spiro atoms. The molecular weight excluding hydrogens is 168 g/mol. The van der Waals surface area contributed by atoms with Crippen LogP contribution in [0.4, 0.5) is 5.69 Å². The van der Waals surface area contributed by atoms with Crippen LogP contribution >= 0.6 is 11.3 Å². The van der Waals surface area contributed by atoms with Gasteiger partial charge in [-0.2, -0.15) is 0 Å². The van der Waals surface area contributed by atoms with Gasteiger partial charge in [-0.3, -0.25) is 0 Å². The maximum Gasteiger partial charge on any atom is 0.125 e. The average Bonchev–Trinajstić information content (AvgIpc) is 2.29. The van der Waals surface area contributed by atoms with Crippen LogP contribution in [0.1, 0.15) is 10.6 Å². The van der Waals surface area contributed by atoms with Gasteiger partial charge in [-0.1, -0.05) is 0 Å². The van der Waals surface area contributed by atoms with E-state index in [1.54, 1.807) is 11.3 Å². The monoisotopic (exact) mass is 178 g/mol. The molecule has 2 N–H and O–H groups in total. The first-order valence-electron chi connectivity index (χ1n) is 3.80. The van der Waals surface area contributed by atoms with Crippen molar-refractivity contribution in [2.24, 2.45) is 0 Å². The highest BCUT2D eigenvalue weighted by atomic mass is 32.1. The van der Waals surface area contributed by atoms with E-state index in [9.17, 15) is 0 Å². The number of thiophene rings is 1. The molecule has 0 amide bonds. The van der Waals surface area contributed by atoms with Crippen molar-refractivity contribution in [3.8, 4) is 0 Å². The van der Waals surface area contributed by atoms with E-state index < -0.39 is 0 Å². The van der Waals surface area contributed by atoms with Crippen LogP contribution in [0.3, 0.4) is 0 Å². The number of nitrogens with two attached hydrogens (primary N) is 1. The molecule has 0 aliphatic heterocycles. The predicted octanol–water partition coefficient (Wildman–Crippen LogP) is 2.50. The van der Waals surface area contributed by atoms with Crippen LogP contribution in [0, 0.1) is 13.8 Å². The highest BCUT2D eigenvalue weighted by Crippen LogP contribution is 2.27. The summed E-state index contributed by atoms with van der Waals surface area (Å²) >= 11 is 1.69. The minimum Gasteiger partial charge on any atom is -0.398 e. The van der Waals surface area contributed by atoms with Gasteiger partial charge in [-0.15, -0.1) is 11.3 Å². The minimum atomic E-state index is 0.835. The van der Waals surface area contributed by atoms with Crippen LogP contribution in [0.2, 0.25) is 0 Å². The molecule has 0 fully saturated rings. The summed E-state index contributed by atoms with van der Waals surface area (Å²) in [5.41, 5.74) is 7.66. The summed E-state index contributed by atoms with van der Waals surface area (Å²) in [6.45, 7) is 4.03. The maximum absolute atomic E-state index is 5.84. The molecule has 2 rings (SSSR count). The molecule has 0 bridgehead atoms. The van der Waals surface area contributed by atoms with Crippen molar-refractivity contribution in [3.05, 3.63) is 22.7 Å². The van der Waals surface area contributed by atoms with Crippen LogP contribution in [-0.2, 0) is 0 Å². The van der Waals surface area contributed by atoms with Gasteiger partial charge in [0, 0.05) is 21.6 Å². The Morgan fingerprint density at radius 1 is 1.33 bits per heavy atom. The molecule has 12 heavy (non-hydrogen) atoms. The largest absolute Gasteiger partial charge is 0.398 e. The smallest absolute Gasteiger partial charge is 0.125 e. The van der Waals surface area contributed by atoms with Gasteiger partial charge in [0.2, 0.25) is 0 Å². The molecule has 0 aromatic carbocycles.